The Morgan fingerprint density at radius 2 is 2.00 bits per heavy atom. The number of fused-ring (bicyclic) bond motifs is 1. The highest BCUT2D eigenvalue weighted by Crippen LogP contribution is 2.11. The highest BCUT2D eigenvalue weighted by atomic mass is 32.1. The largest absolute Gasteiger partial charge is 0.348 e. The quantitative estimate of drug-likeness (QED) is 0.640. The van der Waals surface area contributed by atoms with Crippen LogP contribution in [0, 0.1) is 17.5 Å². The van der Waals surface area contributed by atoms with E-state index in [1.807, 2.05) is 0 Å². The van der Waals surface area contributed by atoms with Gasteiger partial charge in [0.05, 0.1) is 10.9 Å². The van der Waals surface area contributed by atoms with Gasteiger partial charge in [-0.25, -0.2) is 4.39 Å². The molecule has 0 fully saturated rings. The number of aromatic amines is 2. The fraction of sp³-hybridized carbons (Fsp3) is 0.118. The Morgan fingerprint density at radius 3 is 2.75 bits per heavy atom. The molecule has 3 N–H and O–H groups in total. The van der Waals surface area contributed by atoms with Crippen LogP contribution in [-0.4, -0.2) is 15.9 Å². The molecule has 0 aliphatic rings. The van der Waals surface area contributed by atoms with E-state index in [1.165, 1.54) is 6.07 Å². The second-order valence-corrected chi connectivity index (χ2v) is 5.84. The van der Waals surface area contributed by atoms with Gasteiger partial charge in [-0.05, 0) is 54.5 Å². The number of aryl methyl sites for hydroxylation is 1. The van der Waals surface area contributed by atoms with Crippen LogP contribution in [0.1, 0.15) is 21.5 Å². The Kier molecular flexibility index (Phi) is 4.26. The van der Waals surface area contributed by atoms with Crippen molar-refractivity contribution in [3.05, 3.63) is 74.0 Å². The van der Waals surface area contributed by atoms with Crippen LogP contribution in [-0.2, 0) is 6.54 Å². The standard InChI is InChI=1S/C17H14FN3O2S/c1-9-6-10(2-5-13(9)18)8-19-15(22)11-3-4-12-14(7-11)20-17(24)21-16(12)23/h2-7H,8H2,1H3,(H,19,22)(H2,20,21,23,24). The molecule has 122 valence electrons. The number of H-pyrrole nitrogens is 2. The lowest BCUT2D eigenvalue weighted by Crippen LogP contribution is -2.23. The Hall–Kier alpha value is -2.80. The Balaban J connectivity index is 1.82. The summed E-state index contributed by atoms with van der Waals surface area (Å²) in [7, 11) is 0. The lowest BCUT2D eigenvalue weighted by molar-refractivity contribution is 0.0951. The molecule has 0 aliphatic heterocycles. The van der Waals surface area contributed by atoms with Crippen LogP contribution in [0.4, 0.5) is 4.39 Å². The molecule has 3 rings (SSSR count). The number of rotatable bonds is 3. The lowest BCUT2D eigenvalue weighted by Gasteiger charge is -2.07. The lowest BCUT2D eigenvalue weighted by atomic mass is 10.1. The van der Waals surface area contributed by atoms with Crippen molar-refractivity contribution < 1.29 is 9.18 Å². The number of carbonyl (C=O) groups excluding carboxylic acids is 1. The van der Waals surface area contributed by atoms with E-state index in [1.54, 1.807) is 37.3 Å². The van der Waals surface area contributed by atoms with Gasteiger partial charge in [0, 0.05) is 12.1 Å². The van der Waals surface area contributed by atoms with Crippen LogP contribution < -0.4 is 10.9 Å². The van der Waals surface area contributed by atoms with Gasteiger partial charge in [0.1, 0.15) is 5.82 Å². The average Bonchev–Trinajstić information content (AvgIpc) is 2.55. The van der Waals surface area contributed by atoms with E-state index in [4.69, 9.17) is 12.2 Å². The maximum atomic E-state index is 13.2. The van der Waals surface area contributed by atoms with Crippen molar-refractivity contribution in [2.24, 2.45) is 0 Å². The number of carbonyl (C=O) groups is 1. The summed E-state index contributed by atoms with van der Waals surface area (Å²) < 4.78 is 13.4. The van der Waals surface area contributed by atoms with E-state index < -0.39 is 0 Å². The van der Waals surface area contributed by atoms with Crippen LogP contribution in [0.5, 0.6) is 0 Å². The molecule has 7 heteroatoms. The number of aromatic nitrogens is 2. The van der Waals surface area contributed by atoms with Gasteiger partial charge < -0.3 is 10.3 Å². The molecule has 1 heterocycles. The topological polar surface area (TPSA) is 77.8 Å². The second kappa shape index (κ2) is 6.37. The van der Waals surface area contributed by atoms with Crippen LogP contribution in [0.3, 0.4) is 0 Å². The summed E-state index contributed by atoms with van der Waals surface area (Å²) in [5.74, 6) is -0.571. The molecule has 0 unspecified atom stereocenters. The van der Waals surface area contributed by atoms with Crippen molar-refractivity contribution in [1.82, 2.24) is 15.3 Å². The minimum absolute atomic E-state index is 0.201. The first-order valence-corrected chi connectivity index (χ1v) is 7.64. The second-order valence-electron chi connectivity index (χ2n) is 5.43. The summed E-state index contributed by atoms with van der Waals surface area (Å²) >= 11 is 4.93. The SMILES string of the molecule is Cc1cc(CNC(=O)c2ccc3c(=O)[nH]c(=S)[nH]c3c2)ccc1F. The van der Waals surface area contributed by atoms with Crippen molar-refractivity contribution in [1.29, 1.82) is 0 Å². The zero-order chi connectivity index (χ0) is 17.3. The maximum absolute atomic E-state index is 13.2. The summed E-state index contributed by atoms with van der Waals surface area (Å²) in [4.78, 5) is 29.4. The Bertz CT molecular complexity index is 1060. The smallest absolute Gasteiger partial charge is 0.259 e. The fourth-order valence-corrected chi connectivity index (χ4v) is 2.61. The zero-order valence-electron chi connectivity index (χ0n) is 12.8. The van der Waals surface area contributed by atoms with E-state index in [9.17, 15) is 14.0 Å². The average molecular weight is 343 g/mol. The third kappa shape index (κ3) is 3.26. The summed E-state index contributed by atoms with van der Waals surface area (Å²) in [5.41, 5.74) is 1.92. The van der Waals surface area contributed by atoms with Crippen molar-refractivity contribution in [2.75, 3.05) is 0 Å². The first-order chi connectivity index (χ1) is 11.4. The van der Waals surface area contributed by atoms with Crippen molar-refractivity contribution in [3.8, 4) is 0 Å². The molecular formula is C17H14FN3O2S. The van der Waals surface area contributed by atoms with Crippen LogP contribution >= 0.6 is 12.2 Å². The number of benzene rings is 2. The first-order valence-electron chi connectivity index (χ1n) is 7.23. The van der Waals surface area contributed by atoms with E-state index in [0.717, 1.165) is 5.56 Å². The monoisotopic (exact) mass is 343 g/mol. The minimum atomic E-state index is -0.303. The summed E-state index contributed by atoms with van der Waals surface area (Å²) in [5, 5.41) is 3.19. The number of halogens is 1. The molecule has 24 heavy (non-hydrogen) atoms. The molecule has 5 nitrogen and oxygen atoms in total. The molecule has 0 bridgehead atoms. The Morgan fingerprint density at radius 1 is 1.21 bits per heavy atom. The van der Waals surface area contributed by atoms with Gasteiger partial charge in [-0.15, -0.1) is 0 Å². The highest BCUT2D eigenvalue weighted by molar-refractivity contribution is 7.71. The van der Waals surface area contributed by atoms with Crippen molar-refractivity contribution >= 4 is 29.0 Å². The first kappa shape index (κ1) is 16.1. The van der Waals surface area contributed by atoms with E-state index >= 15 is 0 Å². The van der Waals surface area contributed by atoms with Gasteiger partial charge in [0.25, 0.3) is 11.5 Å². The maximum Gasteiger partial charge on any atom is 0.259 e. The van der Waals surface area contributed by atoms with Gasteiger partial charge in [-0.3, -0.25) is 14.6 Å². The van der Waals surface area contributed by atoms with E-state index in [-0.39, 0.29) is 28.6 Å². The molecule has 0 atom stereocenters. The molecule has 1 aromatic heterocycles. The third-order valence-corrected chi connectivity index (χ3v) is 3.88. The summed E-state index contributed by atoms with van der Waals surface area (Å²) in [6, 6.07) is 9.40. The van der Waals surface area contributed by atoms with Gasteiger partial charge >= 0.3 is 0 Å². The predicted octanol–water partition coefficient (Wildman–Crippen LogP) is 2.96. The predicted molar refractivity (Wildman–Crippen MR) is 92.1 cm³/mol. The highest BCUT2D eigenvalue weighted by Gasteiger charge is 2.08. The van der Waals surface area contributed by atoms with Gasteiger partial charge in [-0.2, -0.15) is 0 Å². The molecule has 2 aromatic carbocycles. The van der Waals surface area contributed by atoms with Crippen LogP contribution in [0.25, 0.3) is 10.9 Å². The van der Waals surface area contributed by atoms with Crippen molar-refractivity contribution in [3.63, 3.8) is 0 Å². The van der Waals surface area contributed by atoms with Crippen LogP contribution in [0.15, 0.2) is 41.2 Å². The molecular weight excluding hydrogens is 329 g/mol. The number of amides is 1. The number of nitrogens with one attached hydrogen (secondary N) is 3. The van der Waals surface area contributed by atoms with Crippen LogP contribution in [0.2, 0.25) is 0 Å². The third-order valence-electron chi connectivity index (χ3n) is 3.68. The van der Waals surface area contributed by atoms with E-state index in [2.05, 4.69) is 15.3 Å². The molecule has 3 aromatic rings. The zero-order valence-corrected chi connectivity index (χ0v) is 13.6. The Labute approximate surface area is 141 Å². The van der Waals surface area contributed by atoms with Gasteiger partial charge in [-0.1, -0.05) is 12.1 Å². The molecule has 0 saturated heterocycles. The normalized spacial score (nSPS) is 10.8. The van der Waals surface area contributed by atoms with Gasteiger partial charge in [0.2, 0.25) is 0 Å². The molecule has 0 aliphatic carbocycles. The number of hydrogen-bond donors (Lipinski definition) is 3. The summed E-state index contributed by atoms with van der Waals surface area (Å²) in [6.45, 7) is 1.95. The summed E-state index contributed by atoms with van der Waals surface area (Å²) in [6.07, 6.45) is 0. The molecule has 0 spiro atoms. The molecule has 0 radical (unpaired) electrons. The van der Waals surface area contributed by atoms with Gasteiger partial charge in [0.15, 0.2) is 4.77 Å². The van der Waals surface area contributed by atoms with E-state index in [0.29, 0.717) is 22.0 Å². The number of hydrogen-bond acceptors (Lipinski definition) is 3. The molecule has 1 amide bonds. The molecule has 0 saturated carbocycles. The van der Waals surface area contributed by atoms with Crippen molar-refractivity contribution in [2.45, 2.75) is 13.5 Å². The fourth-order valence-electron chi connectivity index (χ4n) is 2.41. The minimum Gasteiger partial charge on any atom is -0.348 e.